The predicted molar refractivity (Wildman–Crippen MR) is 74.9 cm³/mol. The third-order valence-electron chi connectivity index (χ3n) is 2.66. The minimum Gasteiger partial charge on any atom is -0.444 e. The van der Waals surface area contributed by atoms with E-state index in [2.05, 4.69) is 20.5 Å². The third-order valence-corrected chi connectivity index (χ3v) is 2.66. The summed E-state index contributed by atoms with van der Waals surface area (Å²) in [6.45, 7) is 5.05. The maximum absolute atomic E-state index is 11.8. The highest BCUT2D eigenvalue weighted by Crippen LogP contribution is 2.17. The Morgan fingerprint density at radius 1 is 1.52 bits per heavy atom. The maximum Gasteiger partial charge on any atom is 0.408 e. The van der Waals surface area contributed by atoms with E-state index in [0.29, 0.717) is 5.69 Å². The second-order valence-electron chi connectivity index (χ2n) is 5.53. The van der Waals surface area contributed by atoms with Crippen molar-refractivity contribution in [3.63, 3.8) is 0 Å². The van der Waals surface area contributed by atoms with Crippen LogP contribution in [-0.4, -0.2) is 43.2 Å². The number of rotatable bonds is 4. The van der Waals surface area contributed by atoms with Crippen LogP contribution in [0.5, 0.6) is 0 Å². The van der Waals surface area contributed by atoms with Crippen molar-refractivity contribution in [2.24, 2.45) is 0 Å². The molecule has 0 spiro atoms. The van der Waals surface area contributed by atoms with Crippen LogP contribution in [-0.2, 0) is 4.74 Å². The number of amides is 1. The Labute approximate surface area is 122 Å². The predicted octanol–water partition coefficient (Wildman–Crippen LogP) is 1.15. The van der Waals surface area contributed by atoms with Gasteiger partial charge < -0.3 is 15.2 Å². The Kier molecular flexibility index (Phi) is 4.27. The minimum atomic E-state index is -0.628. The van der Waals surface area contributed by atoms with Crippen LogP contribution in [0.4, 0.5) is 4.79 Å². The number of aromatic nitrogens is 4. The molecule has 0 saturated heterocycles. The maximum atomic E-state index is 11.8. The molecule has 2 heterocycles. The van der Waals surface area contributed by atoms with Gasteiger partial charge in [0.1, 0.15) is 5.60 Å². The molecule has 114 valence electrons. The number of aromatic amines is 1. The molecule has 2 aromatic rings. The zero-order chi connectivity index (χ0) is 15.5. The molecule has 0 saturated carbocycles. The highest BCUT2D eigenvalue weighted by atomic mass is 16.6. The lowest BCUT2D eigenvalue weighted by Gasteiger charge is -2.23. The third kappa shape index (κ3) is 3.82. The first-order valence-electron chi connectivity index (χ1n) is 6.52. The van der Waals surface area contributed by atoms with Crippen molar-refractivity contribution in [1.82, 2.24) is 25.1 Å². The fourth-order valence-electron chi connectivity index (χ4n) is 1.82. The lowest BCUT2D eigenvalue weighted by molar-refractivity contribution is 0.0479. The number of imidazole rings is 1. The minimum absolute atomic E-state index is 0.275. The summed E-state index contributed by atoms with van der Waals surface area (Å²) in [7, 11) is 0. The first-order chi connectivity index (χ1) is 9.90. The van der Waals surface area contributed by atoms with Gasteiger partial charge in [0.25, 0.3) is 0 Å². The fraction of sp³-hybridized carbons (Fsp3) is 0.462. The molecule has 0 aliphatic rings. The number of alkyl carbamates (subject to hydrolysis) is 1. The largest absolute Gasteiger partial charge is 0.444 e. The second kappa shape index (κ2) is 5.96. The molecule has 8 heteroatoms. The molecular weight excluding hydrogens is 274 g/mol. The number of H-pyrrole nitrogens is 1. The van der Waals surface area contributed by atoms with Gasteiger partial charge in [-0.05, 0) is 20.8 Å². The van der Waals surface area contributed by atoms with E-state index in [1.165, 1.54) is 0 Å². The molecule has 8 nitrogen and oxygen atoms in total. The highest BCUT2D eigenvalue weighted by molar-refractivity contribution is 5.68. The van der Waals surface area contributed by atoms with Crippen molar-refractivity contribution in [1.29, 1.82) is 0 Å². The summed E-state index contributed by atoms with van der Waals surface area (Å²) in [5.74, 6) is 0. The molecule has 0 aliphatic carbocycles. The summed E-state index contributed by atoms with van der Waals surface area (Å²) >= 11 is 0. The van der Waals surface area contributed by atoms with E-state index in [0.717, 1.165) is 5.69 Å². The number of nitrogens with zero attached hydrogens (tertiary/aromatic N) is 3. The van der Waals surface area contributed by atoms with Crippen LogP contribution in [0.3, 0.4) is 0 Å². The van der Waals surface area contributed by atoms with Gasteiger partial charge in [-0.1, -0.05) is 0 Å². The zero-order valence-electron chi connectivity index (χ0n) is 12.2. The molecule has 1 unspecified atom stereocenters. The molecule has 1 atom stereocenters. The lowest BCUT2D eigenvalue weighted by atomic mass is 10.2. The number of hydrogen-bond acceptors (Lipinski definition) is 5. The molecule has 2 aromatic heterocycles. The summed E-state index contributed by atoms with van der Waals surface area (Å²) < 4.78 is 6.91. The average Bonchev–Trinajstić information content (AvgIpc) is 3.03. The number of nitrogens with one attached hydrogen (secondary N) is 2. The zero-order valence-corrected chi connectivity index (χ0v) is 12.2. The van der Waals surface area contributed by atoms with Crippen LogP contribution >= 0.6 is 0 Å². The molecule has 0 aliphatic heterocycles. The fourth-order valence-corrected chi connectivity index (χ4v) is 1.82. The van der Waals surface area contributed by atoms with Crippen molar-refractivity contribution in [2.45, 2.75) is 32.4 Å². The van der Waals surface area contributed by atoms with Gasteiger partial charge in [-0.3, -0.25) is 9.67 Å². The average molecular weight is 293 g/mol. The molecule has 2 rings (SSSR count). The summed E-state index contributed by atoms with van der Waals surface area (Å²) in [5.41, 5.74) is 0.784. The van der Waals surface area contributed by atoms with Crippen LogP contribution in [0, 0.1) is 0 Å². The van der Waals surface area contributed by atoms with Crippen LogP contribution in [0.2, 0.25) is 0 Å². The second-order valence-corrected chi connectivity index (χ2v) is 5.53. The van der Waals surface area contributed by atoms with Crippen molar-refractivity contribution < 1.29 is 14.6 Å². The van der Waals surface area contributed by atoms with Gasteiger partial charge in [0, 0.05) is 6.20 Å². The normalized spacial score (nSPS) is 13.0. The van der Waals surface area contributed by atoms with Gasteiger partial charge in [-0.25, -0.2) is 9.78 Å². The number of aliphatic hydroxyl groups excluding tert-OH is 1. The Bertz CT molecular complexity index is 585. The Morgan fingerprint density at radius 3 is 2.86 bits per heavy atom. The Hall–Kier alpha value is -2.35. The van der Waals surface area contributed by atoms with E-state index in [9.17, 15) is 9.90 Å². The van der Waals surface area contributed by atoms with Gasteiger partial charge in [0.05, 0.1) is 42.8 Å². The summed E-state index contributed by atoms with van der Waals surface area (Å²) in [4.78, 5) is 15.9. The number of hydrogen-bond donors (Lipinski definition) is 3. The molecule has 0 fully saturated rings. The number of carbonyl (C=O) groups is 1. The van der Waals surface area contributed by atoms with E-state index < -0.39 is 17.7 Å². The SMILES string of the molecule is CC(C)(C)OC(=O)NC(CO)c1cncn1-c1cn[nH]c1. The smallest absolute Gasteiger partial charge is 0.408 e. The highest BCUT2D eigenvalue weighted by Gasteiger charge is 2.22. The van der Waals surface area contributed by atoms with Crippen LogP contribution in [0.15, 0.2) is 24.9 Å². The van der Waals surface area contributed by atoms with Crippen LogP contribution in [0.25, 0.3) is 5.69 Å². The first-order valence-corrected chi connectivity index (χ1v) is 6.52. The Balaban J connectivity index is 2.16. The molecule has 1 amide bonds. The number of carbonyl (C=O) groups excluding carboxylic acids is 1. The van der Waals surface area contributed by atoms with Gasteiger partial charge >= 0.3 is 6.09 Å². The number of ether oxygens (including phenoxy) is 1. The van der Waals surface area contributed by atoms with E-state index in [1.807, 2.05) is 0 Å². The van der Waals surface area contributed by atoms with Gasteiger partial charge in [-0.2, -0.15) is 5.10 Å². The molecular formula is C13H19N5O3. The summed E-state index contributed by atoms with van der Waals surface area (Å²) in [6.07, 6.45) is 5.87. The molecule has 0 aromatic carbocycles. The lowest BCUT2D eigenvalue weighted by Crippen LogP contribution is -2.36. The van der Waals surface area contributed by atoms with Gasteiger partial charge in [0.15, 0.2) is 0 Å². The first kappa shape index (κ1) is 15.0. The van der Waals surface area contributed by atoms with E-state index >= 15 is 0 Å². The van der Waals surface area contributed by atoms with E-state index in [4.69, 9.17) is 4.74 Å². The van der Waals surface area contributed by atoms with Crippen molar-refractivity contribution in [3.05, 3.63) is 30.6 Å². The molecule has 0 bridgehead atoms. The standard InChI is InChI=1S/C13H19N5O3/c1-13(2,3)21-12(20)17-10(7-19)11-6-14-8-18(11)9-4-15-16-5-9/h4-6,8,10,19H,7H2,1-3H3,(H,15,16)(H,17,20). The Morgan fingerprint density at radius 2 is 2.29 bits per heavy atom. The number of aliphatic hydroxyl groups is 1. The van der Waals surface area contributed by atoms with Crippen LogP contribution in [0.1, 0.15) is 32.5 Å². The summed E-state index contributed by atoms with van der Waals surface area (Å²) in [5, 5.41) is 18.7. The van der Waals surface area contributed by atoms with Crippen molar-refractivity contribution in [2.75, 3.05) is 6.61 Å². The topological polar surface area (TPSA) is 105 Å². The monoisotopic (exact) mass is 293 g/mol. The van der Waals surface area contributed by atoms with Gasteiger partial charge in [-0.15, -0.1) is 0 Å². The van der Waals surface area contributed by atoms with Crippen LogP contribution < -0.4 is 5.32 Å². The van der Waals surface area contributed by atoms with E-state index in [1.54, 1.807) is 50.3 Å². The quantitative estimate of drug-likeness (QED) is 0.784. The van der Waals surface area contributed by atoms with Crippen molar-refractivity contribution >= 4 is 6.09 Å². The molecule has 0 radical (unpaired) electrons. The molecule has 21 heavy (non-hydrogen) atoms. The van der Waals surface area contributed by atoms with Gasteiger partial charge in [0.2, 0.25) is 0 Å². The van der Waals surface area contributed by atoms with Crippen molar-refractivity contribution in [3.8, 4) is 5.69 Å². The van der Waals surface area contributed by atoms with E-state index in [-0.39, 0.29) is 6.61 Å². The molecule has 3 N–H and O–H groups in total. The summed E-state index contributed by atoms with van der Waals surface area (Å²) in [6, 6.07) is -0.628.